The highest BCUT2D eigenvalue weighted by molar-refractivity contribution is 6.36. The van der Waals surface area contributed by atoms with Crippen LogP contribution in [0.3, 0.4) is 0 Å². The summed E-state index contributed by atoms with van der Waals surface area (Å²) in [5.41, 5.74) is 2.54. The zero-order valence-electron chi connectivity index (χ0n) is 10.5. The molecule has 1 aromatic rings. The van der Waals surface area contributed by atoms with Gasteiger partial charge in [0.1, 0.15) is 0 Å². The maximum absolute atomic E-state index is 5.76. The van der Waals surface area contributed by atoms with Crippen molar-refractivity contribution in [3.63, 3.8) is 0 Å². The van der Waals surface area contributed by atoms with Crippen molar-refractivity contribution in [3.8, 4) is 11.5 Å². The van der Waals surface area contributed by atoms with Gasteiger partial charge in [-0.05, 0) is 30.7 Å². The molecule has 18 heavy (non-hydrogen) atoms. The normalized spacial score (nSPS) is 11.4. The summed E-state index contributed by atoms with van der Waals surface area (Å²) in [6, 6.07) is 5.89. The molecule has 0 saturated heterocycles. The van der Waals surface area contributed by atoms with Crippen molar-refractivity contribution >= 4 is 23.2 Å². The summed E-state index contributed by atoms with van der Waals surface area (Å²) in [5, 5.41) is 3.79. The summed E-state index contributed by atoms with van der Waals surface area (Å²) in [6.45, 7) is 1.40. The lowest BCUT2D eigenvalue weighted by atomic mass is 10.1. The molecular formula is C13H17Cl2NO2. The van der Waals surface area contributed by atoms with Crippen LogP contribution in [0.5, 0.6) is 11.5 Å². The van der Waals surface area contributed by atoms with Crippen molar-refractivity contribution in [3.05, 3.63) is 34.3 Å². The second-order valence-corrected chi connectivity index (χ2v) is 4.38. The fourth-order valence-corrected chi connectivity index (χ4v) is 1.69. The van der Waals surface area contributed by atoms with Crippen LogP contribution >= 0.6 is 23.2 Å². The van der Waals surface area contributed by atoms with Crippen LogP contribution in [0.1, 0.15) is 5.56 Å². The maximum atomic E-state index is 5.76. The first-order valence-corrected chi connectivity index (χ1v) is 6.39. The molecule has 0 bridgehead atoms. The average Bonchev–Trinajstić information content (AvgIpc) is 2.42. The Bertz CT molecular complexity index is 408. The van der Waals surface area contributed by atoms with Crippen molar-refractivity contribution in [2.45, 2.75) is 6.42 Å². The quantitative estimate of drug-likeness (QED) is 0.782. The SMILES string of the molecule is COc1ccc(CCNCC(Cl)=CCl)cc1OC. The van der Waals surface area contributed by atoms with Crippen LogP contribution in [0.2, 0.25) is 0 Å². The summed E-state index contributed by atoms with van der Waals surface area (Å²) < 4.78 is 10.4. The van der Waals surface area contributed by atoms with Crippen LogP contribution in [0, 0.1) is 0 Å². The smallest absolute Gasteiger partial charge is 0.160 e. The van der Waals surface area contributed by atoms with Gasteiger partial charge in [0.15, 0.2) is 11.5 Å². The van der Waals surface area contributed by atoms with Crippen molar-refractivity contribution < 1.29 is 9.47 Å². The Balaban J connectivity index is 2.48. The van der Waals surface area contributed by atoms with Crippen molar-refractivity contribution in [1.82, 2.24) is 5.32 Å². The highest BCUT2D eigenvalue weighted by Gasteiger charge is 2.04. The van der Waals surface area contributed by atoms with Gasteiger partial charge in [-0.3, -0.25) is 0 Å². The maximum Gasteiger partial charge on any atom is 0.160 e. The van der Waals surface area contributed by atoms with E-state index >= 15 is 0 Å². The number of benzene rings is 1. The molecule has 100 valence electrons. The summed E-state index contributed by atoms with van der Waals surface area (Å²) >= 11 is 11.2. The van der Waals surface area contributed by atoms with Gasteiger partial charge in [-0.25, -0.2) is 0 Å². The monoisotopic (exact) mass is 289 g/mol. The molecule has 0 saturated carbocycles. The van der Waals surface area contributed by atoms with E-state index in [1.54, 1.807) is 14.2 Å². The van der Waals surface area contributed by atoms with Crippen molar-refractivity contribution in [2.75, 3.05) is 27.3 Å². The highest BCUT2D eigenvalue weighted by atomic mass is 35.5. The predicted octanol–water partition coefficient (Wildman–Crippen LogP) is 3.15. The van der Waals surface area contributed by atoms with E-state index in [0.29, 0.717) is 11.6 Å². The second-order valence-electron chi connectivity index (χ2n) is 3.67. The van der Waals surface area contributed by atoms with Crippen LogP contribution < -0.4 is 14.8 Å². The van der Waals surface area contributed by atoms with E-state index in [1.807, 2.05) is 18.2 Å². The van der Waals surface area contributed by atoms with E-state index in [2.05, 4.69) is 5.32 Å². The Kier molecular flexibility index (Phi) is 6.94. The number of ether oxygens (including phenoxy) is 2. The number of methoxy groups -OCH3 is 2. The number of hydrogen-bond donors (Lipinski definition) is 1. The molecular weight excluding hydrogens is 273 g/mol. The van der Waals surface area contributed by atoms with E-state index < -0.39 is 0 Å². The molecule has 0 aliphatic carbocycles. The third kappa shape index (κ3) is 4.77. The lowest BCUT2D eigenvalue weighted by molar-refractivity contribution is 0.354. The predicted molar refractivity (Wildman–Crippen MR) is 75.9 cm³/mol. The number of rotatable bonds is 7. The van der Waals surface area contributed by atoms with Gasteiger partial charge in [0.2, 0.25) is 0 Å². The molecule has 1 rings (SSSR count). The van der Waals surface area contributed by atoms with Crippen LogP contribution in [-0.4, -0.2) is 27.3 Å². The Hall–Kier alpha value is -0.900. The molecule has 1 aromatic carbocycles. The Morgan fingerprint density at radius 1 is 1.28 bits per heavy atom. The summed E-state index contributed by atoms with van der Waals surface area (Å²) in [7, 11) is 3.25. The molecule has 0 unspecified atom stereocenters. The minimum absolute atomic E-state index is 0.582. The van der Waals surface area contributed by atoms with Crippen molar-refractivity contribution in [1.29, 1.82) is 0 Å². The van der Waals surface area contributed by atoms with E-state index in [-0.39, 0.29) is 0 Å². The van der Waals surface area contributed by atoms with Gasteiger partial charge in [-0.1, -0.05) is 29.3 Å². The fraction of sp³-hybridized carbons (Fsp3) is 0.385. The van der Waals surface area contributed by atoms with Gasteiger partial charge in [0, 0.05) is 17.1 Å². The largest absolute Gasteiger partial charge is 0.493 e. The molecule has 0 spiro atoms. The Labute approximate surface area is 118 Å². The first kappa shape index (κ1) is 15.2. The van der Waals surface area contributed by atoms with Crippen LogP contribution in [0.25, 0.3) is 0 Å². The van der Waals surface area contributed by atoms with Crippen molar-refractivity contribution in [2.24, 2.45) is 0 Å². The molecule has 3 nitrogen and oxygen atoms in total. The van der Waals surface area contributed by atoms with E-state index in [0.717, 1.165) is 24.5 Å². The zero-order valence-corrected chi connectivity index (χ0v) is 12.0. The van der Waals surface area contributed by atoms with Gasteiger partial charge in [-0.15, -0.1) is 0 Å². The molecule has 0 aromatic heterocycles. The molecule has 0 atom stereocenters. The number of nitrogens with one attached hydrogen (secondary N) is 1. The van der Waals surface area contributed by atoms with Crippen LogP contribution in [-0.2, 0) is 6.42 Å². The summed E-state index contributed by atoms with van der Waals surface area (Å²) in [6.07, 6.45) is 0.882. The van der Waals surface area contributed by atoms with Gasteiger partial charge >= 0.3 is 0 Å². The molecule has 0 radical (unpaired) electrons. The molecule has 0 heterocycles. The number of hydrogen-bond acceptors (Lipinski definition) is 3. The third-order valence-corrected chi connectivity index (χ3v) is 3.07. The first-order chi connectivity index (χ1) is 8.71. The molecule has 1 N–H and O–H groups in total. The van der Waals surface area contributed by atoms with E-state index in [4.69, 9.17) is 32.7 Å². The second kappa shape index (κ2) is 8.25. The average molecular weight is 290 g/mol. The minimum Gasteiger partial charge on any atom is -0.493 e. The topological polar surface area (TPSA) is 30.5 Å². The summed E-state index contributed by atoms with van der Waals surface area (Å²) in [4.78, 5) is 0. The molecule has 0 fully saturated rings. The Morgan fingerprint density at radius 2 is 2.00 bits per heavy atom. The number of halogens is 2. The van der Waals surface area contributed by atoms with Gasteiger partial charge < -0.3 is 14.8 Å². The zero-order chi connectivity index (χ0) is 13.4. The molecule has 0 amide bonds. The van der Waals surface area contributed by atoms with Gasteiger partial charge in [0.05, 0.1) is 14.2 Å². The first-order valence-electron chi connectivity index (χ1n) is 5.57. The highest BCUT2D eigenvalue weighted by Crippen LogP contribution is 2.27. The van der Waals surface area contributed by atoms with E-state index in [9.17, 15) is 0 Å². The molecule has 5 heteroatoms. The standard InChI is InChI=1S/C13H17Cl2NO2/c1-17-12-4-3-10(7-13(12)18-2)5-6-16-9-11(15)8-14/h3-4,7-8,16H,5-6,9H2,1-2H3. The van der Waals surface area contributed by atoms with Gasteiger partial charge in [-0.2, -0.15) is 0 Å². The molecule has 0 aliphatic heterocycles. The van der Waals surface area contributed by atoms with Crippen LogP contribution in [0.4, 0.5) is 0 Å². The summed E-state index contributed by atoms with van der Waals surface area (Å²) in [5.74, 6) is 1.48. The van der Waals surface area contributed by atoms with E-state index in [1.165, 1.54) is 11.1 Å². The lowest BCUT2D eigenvalue weighted by Gasteiger charge is -2.09. The minimum atomic E-state index is 0.582. The lowest BCUT2D eigenvalue weighted by Crippen LogP contribution is -2.18. The van der Waals surface area contributed by atoms with Gasteiger partial charge in [0.25, 0.3) is 0 Å². The Morgan fingerprint density at radius 3 is 2.61 bits per heavy atom. The van der Waals surface area contributed by atoms with Crippen LogP contribution in [0.15, 0.2) is 28.8 Å². The molecule has 0 aliphatic rings. The fourth-order valence-electron chi connectivity index (χ4n) is 1.52. The third-order valence-electron chi connectivity index (χ3n) is 2.45.